The Morgan fingerprint density at radius 3 is 2.04 bits per heavy atom. The van der Waals surface area contributed by atoms with Crippen LogP contribution in [0.15, 0.2) is 102 Å². The zero-order chi connectivity index (χ0) is 32.9. The molecule has 2 saturated heterocycles. The number of anilines is 2. The van der Waals surface area contributed by atoms with Crippen molar-refractivity contribution in [3.05, 3.63) is 114 Å². The molecule has 0 radical (unpaired) electrons. The summed E-state index contributed by atoms with van der Waals surface area (Å²) in [5.74, 6) is -0.185. The molecule has 0 unspecified atom stereocenters. The van der Waals surface area contributed by atoms with Gasteiger partial charge >= 0.3 is 5.69 Å². The topological polar surface area (TPSA) is 105 Å². The standard InChI is InChI=1S/C36H42N8O4/c1-3-29(4-2)44-35(45)42(27-39-44)32-12-10-30(11-13-32)40-20-22-41(23-21-40)31-14-16-33(17-15-31)46-24-34-25-47-36(48-34,26-43-37-18-19-38-43)28-8-6-5-7-9-28/h5-19,27,29,34H,3-4,20-26H2,1-2H3/t34-,36-/m1/s1. The molecule has 0 N–H and O–H groups in total. The molecular formula is C36H42N8O4. The zero-order valence-corrected chi connectivity index (χ0v) is 27.5. The molecule has 4 heterocycles. The van der Waals surface area contributed by atoms with Crippen molar-refractivity contribution in [3.8, 4) is 11.4 Å². The first-order valence-electron chi connectivity index (χ1n) is 16.8. The highest BCUT2D eigenvalue weighted by Gasteiger charge is 2.44. The molecule has 12 nitrogen and oxygen atoms in total. The normalized spacial score (nSPS) is 19.7. The molecule has 0 bridgehead atoms. The Hall–Kier alpha value is -4.94. The van der Waals surface area contributed by atoms with Crippen LogP contribution in [0.25, 0.3) is 5.69 Å². The quantitative estimate of drug-likeness (QED) is 0.191. The smallest absolute Gasteiger partial charge is 0.350 e. The van der Waals surface area contributed by atoms with E-state index >= 15 is 0 Å². The molecule has 2 aliphatic heterocycles. The van der Waals surface area contributed by atoms with Gasteiger partial charge in [0.05, 0.1) is 30.7 Å². The van der Waals surface area contributed by atoms with Crippen molar-refractivity contribution in [2.75, 3.05) is 49.2 Å². The van der Waals surface area contributed by atoms with Crippen LogP contribution in [0.5, 0.6) is 5.75 Å². The van der Waals surface area contributed by atoms with Crippen molar-refractivity contribution < 1.29 is 14.2 Å². The highest BCUT2D eigenvalue weighted by atomic mass is 16.8. The minimum atomic E-state index is -0.973. The van der Waals surface area contributed by atoms with E-state index in [1.807, 2.05) is 54.6 Å². The molecule has 0 spiro atoms. The van der Waals surface area contributed by atoms with Crippen molar-refractivity contribution >= 4 is 11.4 Å². The summed E-state index contributed by atoms with van der Waals surface area (Å²) >= 11 is 0. The van der Waals surface area contributed by atoms with Gasteiger partial charge in [-0.2, -0.15) is 20.1 Å². The predicted molar refractivity (Wildman–Crippen MR) is 183 cm³/mol. The number of nitrogens with zero attached hydrogens (tertiary/aromatic N) is 8. The fourth-order valence-electron chi connectivity index (χ4n) is 6.54. The second-order valence-electron chi connectivity index (χ2n) is 12.2. The number of hydrogen-bond donors (Lipinski definition) is 0. The van der Waals surface area contributed by atoms with Crippen molar-refractivity contribution in [2.24, 2.45) is 0 Å². The number of aromatic nitrogens is 6. The zero-order valence-electron chi connectivity index (χ0n) is 27.5. The van der Waals surface area contributed by atoms with Gasteiger partial charge in [-0.1, -0.05) is 44.2 Å². The van der Waals surface area contributed by atoms with Crippen LogP contribution in [0.1, 0.15) is 38.3 Å². The van der Waals surface area contributed by atoms with Gasteiger partial charge < -0.3 is 24.0 Å². The average Bonchev–Trinajstić information content (AvgIpc) is 3.90. The van der Waals surface area contributed by atoms with Gasteiger partial charge in [-0.3, -0.25) is 0 Å². The van der Waals surface area contributed by atoms with E-state index < -0.39 is 5.79 Å². The molecule has 250 valence electrons. The number of ether oxygens (including phenoxy) is 3. The van der Waals surface area contributed by atoms with Gasteiger partial charge in [0.1, 0.15) is 31.3 Å². The molecule has 2 aliphatic rings. The summed E-state index contributed by atoms with van der Waals surface area (Å²) in [6.45, 7) is 8.91. The van der Waals surface area contributed by atoms with Crippen LogP contribution >= 0.6 is 0 Å². The van der Waals surface area contributed by atoms with E-state index in [4.69, 9.17) is 14.2 Å². The molecule has 12 heteroatoms. The number of hydrogen-bond acceptors (Lipinski definition) is 9. The van der Waals surface area contributed by atoms with Crippen molar-refractivity contribution in [1.82, 2.24) is 29.3 Å². The van der Waals surface area contributed by atoms with Crippen LogP contribution in [0.3, 0.4) is 0 Å². The van der Waals surface area contributed by atoms with Crippen molar-refractivity contribution in [3.63, 3.8) is 0 Å². The number of rotatable bonds is 12. The molecule has 0 amide bonds. The number of benzene rings is 3. The summed E-state index contributed by atoms with van der Waals surface area (Å²) in [6.07, 6.45) is 6.44. The lowest BCUT2D eigenvalue weighted by molar-refractivity contribution is -0.192. The van der Waals surface area contributed by atoms with Crippen molar-refractivity contribution in [2.45, 2.75) is 51.2 Å². The third kappa shape index (κ3) is 6.58. The van der Waals surface area contributed by atoms with Crippen LogP contribution in [-0.4, -0.2) is 74.8 Å². The van der Waals surface area contributed by atoms with E-state index in [2.05, 4.69) is 63.2 Å². The maximum atomic E-state index is 12.9. The van der Waals surface area contributed by atoms with Gasteiger partial charge in [0, 0.05) is 43.1 Å². The Balaban J connectivity index is 0.912. The van der Waals surface area contributed by atoms with Crippen LogP contribution in [0, 0.1) is 0 Å². The first-order chi connectivity index (χ1) is 23.5. The van der Waals surface area contributed by atoms with E-state index in [1.165, 1.54) is 5.69 Å². The van der Waals surface area contributed by atoms with E-state index in [0.29, 0.717) is 19.8 Å². The lowest BCUT2D eigenvalue weighted by Gasteiger charge is -2.37. The summed E-state index contributed by atoms with van der Waals surface area (Å²) in [5, 5.41) is 12.9. The fraction of sp³-hybridized carbons (Fsp3) is 0.389. The van der Waals surface area contributed by atoms with Gasteiger partial charge in [-0.15, -0.1) is 0 Å². The van der Waals surface area contributed by atoms with Crippen molar-refractivity contribution in [1.29, 1.82) is 0 Å². The molecule has 2 atom stereocenters. The third-order valence-electron chi connectivity index (χ3n) is 9.28. The monoisotopic (exact) mass is 650 g/mol. The summed E-state index contributed by atoms with van der Waals surface area (Å²) in [7, 11) is 0. The first kappa shape index (κ1) is 31.6. The maximum Gasteiger partial charge on any atom is 0.350 e. The molecule has 2 aromatic heterocycles. The highest BCUT2D eigenvalue weighted by molar-refractivity contribution is 5.54. The largest absolute Gasteiger partial charge is 0.491 e. The Bertz CT molecular complexity index is 1800. The average molecular weight is 651 g/mol. The second kappa shape index (κ2) is 14.0. The van der Waals surface area contributed by atoms with Crippen LogP contribution in [0.4, 0.5) is 11.4 Å². The molecule has 48 heavy (non-hydrogen) atoms. The minimum absolute atomic E-state index is 0.0911. The minimum Gasteiger partial charge on any atom is -0.491 e. The van der Waals surface area contributed by atoms with Gasteiger partial charge in [0.25, 0.3) is 0 Å². The number of piperazine rings is 1. The first-order valence-corrected chi connectivity index (χ1v) is 16.8. The summed E-state index contributed by atoms with van der Waals surface area (Å²) in [5.41, 5.74) is 3.98. The molecule has 0 aliphatic carbocycles. The fourth-order valence-corrected chi connectivity index (χ4v) is 6.54. The lowest BCUT2D eigenvalue weighted by Crippen LogP contribution is -2.46. The third-order valence-corrected chi connectivity index (χ3v) is 9.28. The van der Waals surface area contributed by atoms with Crippen LogP contribution in [0.2, 0.25) is 0 Å². The SMILES string of the molecule is CCC(CC)n1ncn(-c2ccc(N3CCN(c4ccc(OC[C@@H]5CO[C@@](Cn6nccn6)(c6ccccc6)O5)cc4)CC3)cc2)c1=O. The molecule has 7 rings (SSSR count). The molecule has 0 saturated carbocycles. The Morgan fingerprint density at radius 1 is 0.812 bits per heavy atom. The highest BCUT2D eigenvalue weighted by Crippen LogP contribution is 2.36. The lowest BCUT2D eigenvalue weighted by atomic mass is 10.1. The Labute approximate surface area is 280 Å². The molecular weight excluding hydrogens is 608 g/mol. The van der Waals surface area contributed by atoms with E-state index in [1.54, 1.807) is 32.8 Å². The van der Waals surface area contributed by atoms with Crippen LogP contribution in [-0.2, 0) is 21.8 Å². The Morgan fingerprint density at radius 2 is 1.42 bits per heavy atom. The van der Waals surface area contributed by atoms with E-state index in [9.17, 15) is 4.79 Å². The van der Waals surface area contributed by atoms with Crippen LogP contribution < -0.4 is 20.2 Å². The summed E-state index contributed by atoms with van der Waals surface area (Å²) in [6, 6.07) is 26.5. The Kier molecular flexibility index (Phi) is 9.26. The van der Waals surface area contributed by atoms with Gasteiger partial charge in [-0.25, -0.2) is 14.0 Å². The summed E-state index contributed by atoms with van der Waals surface area (Å²) in [4.78, 5) is 19.3. The molecule has 3 aromatic carbocycles. The second-order valence-corrected chi connectivity index (χ2v) is 12.2. The predicted octanol–water partition coefficient (Wildman–Crippen LogP) is 4.66. The summed E-state index contributed by atoms with van der Waals surface area (Å²) < 4.78 is 22.1. The van der Waals surface area contributed by atoms with Gasteiger partial charge in [0.15, 0.2) is 0 Å². The van der Waals surface area contributed by atoms with E-state index in [0.717, 1.165) is 61.7 Å². The van der Waals surface area contributed by atoms with E-state index in [-0.39, 0.29) is 17.8 Å². The van der Waals surface area contributed by atoms with Gasteiger partial charge in [-0.05, 0) is 61.4 Å². The van der Waals surface area contributed by atoms with Gasteiger partial charge in [0.2, 0.25) is 5.79 Å². The molecule has 5 aromatic rings. The molecule has 2 fully saturated rings. The maximum absolute atomic E-state index is 12.9.